The van der Waals surface area contributed by atoms with Crippen LogP contribution in [0.15, 0.2) is 66.9 Å². The van der Waals surface area contributed by atoms with E-state index in [0.717, 1.165) is 33.5 Å². The molecule has 3 atom stereocenters. The summed E-state index contributed by atoms with van der Waals surface area (Å²) in [7, 11) is 1.53. The zero-order valence-corrected chi connectivity index (χ0v) is 26.7. The van der Waals surface area contributed by atoms with Crippen LogP contribution in [-0.4, -0.2) is 43.0 Å². The zero-order chi connectivity index (χ0) is 32.4. The second-order valence-corrected chi connectivity index (χ2v) is 10.7. The Balaban J connectivity index is 0.00000259. The summed E-state index contributed by atoms with van der Waals surface area (Å²) in [5.41, 5.74) is 12.0. The van der Waals surface area contributed by atoms with Crippen LogP contribution in [0.5, 0.6) is 5.75 Å². The minimum Gasteiger partial charge on any atom is -0.496 e. The number of carbonyl (C=O) groups excluding carboxylic acids is 3. The van der Waals surface area contributed by atoms with Gasteiger partial charge >= 0.3 is 0 Å². The van der Waals surface area contributed by atoms with Gasteiger partial charge in [0, 0.05) is 18.3 Å². The van der Waals surface area contributed by atoms with Gasteiger partial charge in [0.1, 0.15) is 11.9 Å². The number of methoxy groups -OCH3 is 1. The number of hydrogen-bond acceptors (Lipinski definition) is 7. The number of rotatable bonds is 12. The molecule has 0 aromatic heterocycles. The maximum atomic E-state index is 13.8. The summed E-state index contributed by atoms with van der Waals surface area (Å²) in [5, 5.41) is 13.3. The van der Waals surface area contributed by atoms with Crippen LogP contribution in [-0.2, 0) is 17.8 Å². The Bertz CT molecular complexity index is 1480. The summed E-state index contributed by atoms with van der Waals surface area (Å²) in [6.45, 7) is 11.6. The molecule has 234 valence electrons. The van der Waals surface area contributed by atoms with Gasteiger partial charge in [-0.25, -0.2) is 0 Å². The molecule has 3 aromatic rings. The van der Waals surface area contributed by atoms with Gasteiger partial charge < -0.3 is 31.7 Å². The van der Waals surface area contributed by atoms with E-state index in [1.165, 1.54) is 14.0 Å². The average molecular weight is 600 g/mol. The van der Waals surface area contributed by atoms with Gasteiger partial charge in [-0.05, 0) is 86.2 Å². The van der Waals surface area contributed by atoms with Crippen LogP contribution < -0.4 is 31.7 Å². The summed E-state index contributed by atoms with van der Waals surface area (Å²) in [6.07, 6.45) is 2.12. The molecule has 9 nitrogen and oxygen atoms in total. The van der Waals surface area contributed by atoms with E-state index in [4.69, 9.17) is 10.5 Å². The van der Waals surface area contributed by atoms with Gasteiger partial charge in [0.15, 0.2) is 5.78 Å². The number of ether oxygens (including phenoxy) is 1. The molecule has 3 aromatic carbocycles. The monoisotopic (exact) mass is 599 g/mol. The molecular weight excluding hydrogens is 554 g/mol. The largest absolute Gasteiger partial charge is 0.496 e. The molecule has 1 aliphatic heterocycles. The first-order chi connectivity index (χ1) is 21.1. The van der Waals surface area contributed by atoms with Crippen molar-refractivity contribution >= 4 is 23.3 Å². The van der Waals surface area contributed by atoms with Crippen molar-refractivity contribution in [2.45, 2.75) is 72.8 Å². The maximum absolute atomic E-state index is 13.8. The highest BCUT2D eigenvalue weighted by Crippen LogP contribution is 2.22. The number of carbonyl (C=O) groups is 3. The lowest BCUT2D eigenvalue weighted by atomic mass is 9.93. The molecular formula is C35H45N5O4. The van der Waals surface area contributed by atoms with Crippen molar-refractivity contribution in [3.63, 3.8) is 0 Å². The number of benzene rings is 3. The molecule has 2 amide bonds. The standard InChI is InChI=1S/C33H39N5O4.C2H6/c1-19-13-25(31(34)40)14-20(2)26(19)16-28(35-17-23-11-12-30(42-5)27(15-23)22(4)39)33(41)37-21(3)32-36-18-29(38-32)24-9-7-6-8-10-24;1-2/h6-15,18,21,28,32,35-36,38H,16-17H2,1-5H3,(H2,34,40)(H,37,41);1-2H3. The smallest absolute Gasteiger partial charge is 0.248 e. The SMILES string of the molecule is CC.COc1ccc(CNC(Cc2c(C)cc(C(N)=O)cc2C)C(=O)NC(C)C2NC=C(c3ccccc3)N2)cc1C(C)=O. The molecule has 1 heterocycles. The van der Waals surface area contributed by atoms with Crippen LogP contribution in [0.25, 0.3) is 5.70 Å². The van der Waals surface area contributed by atoms with Crippen molar-refractivity contribution in [3.8, 4) is 5.75 Å². The normalized spacial score (nSPS) is 15.0. The Kier molecular flexibility index (Phi) is 12.1. The molecule has 6 N–H and O–H groups in total. The second-order valence-electron chi connectivity index (χ2n) is 10.7. The first kappa shape index (κ1) is 33.9. The number of ketones is 1. The van der Waals surface area contributed by atoms with E-state index in [1.54, 1.807) is 24.3 Å². The lowest BCUT2D eigenvalue weighted by molar-refractivity contribution is -0.124. The molecule has 44 heavy (non-hydrogen) atoms. The Hall–Kier alpha value is -4.63. The van der Waals surface area contributed by atoms with Crippen LogP contribution >= 0.6 is 0 Å². The number of Topliss-reactive ketones (excluding diaryl/α,β-unsaturated/α-hetero) is 1. The molecule has 0 fully saturated rings. The van der Waals surface area contributed by atoms with Crippen LogP contribution in [0, 0.1) is 13.8 Å². The van der Waals surface area contributed by atoms with E-state index in [2.05, 4.69) is 21.3 Å². The molecule has 0 bridgehead atoms. The number of nitrogens with one attached hydrogen (secondary N) is 4. The van der Waals surface area contributed by atoms with Gasteiger partial charge in [0.05, 0.1) is 30.5 Å². The summed E-state index contributed by atoms with van der Waals surface area (Å²) in [4.78, 5) is 37.7. The van der Waals surface area contributed by atoms with Gasteiger partial charge in [-0.2, -0.15) is 0 Å². The maximum Gasteiger partial charge on any atom is 0.248 e. The third-order valence-corrected chi connectivity index (χ3v) is 7.57. The molecule has 0 aliphatic carbocycles. The topological polar surface area (TPSA) is 135 Å². The van der Waals surface area contributed by atoms with E-state index in [1.807, 2.05) is 77.2 Å². The van der Waals surface area contributed by atoms with Gasteiger partial charge in [-0.15, -0.1) is 0 Å². The zero-order valence-electron chi connectivity index (χ0n) is 26.7. The van der Waals surface area contributed by atoms with Crippen LogP contribution in [0.1, 0.15) is 76.2 Å². The summed E-state index contributed by atoms with van der Waals surface area (Å²) in [5.74, 6) is -0.250. The van der Waals surface area contributed by atoms with Crippen molar-refractivity contribution in [2.75, 3.05) is 7.11 Å². The number of nitrogens with two attached hydrogens (primary N) is 1. The predicted octanol–water partition coefficient (Wildman–Crippen LogP) is 4.36. The van der Waals surface area contributed by atoms with Crippen molar-refractivity contribution < 1.29 is 19.1 Å². The van der Waals surface area contributed by atoms with Gasteiger partial charge in [0.25, 0.3) is 0 Å². The van der Waals surface area contributed by atoms with E-state index in [9.17, 15) is 14.4 Å². The molecule has 0 saturated carbocycles. The van der Waals surface area contributed by atoms with Crippen molar-refractivity contribution in [1.82, 2.24) is 21.3 Å². The lowest BCUT2D eigenvalue weighted by Crippen LogP contribution is -2.55. The fourth-order valence-corrected chi connectivity index (χ4v) is 5.19. The molecule has 0 spiro atoms. The predicted molar refractivity (Wildman–Crippen MR) is 175 cm³/mol. The molecule has 9 heteroatoms. The number of primary amides is 1. The van der Waals surface area contributed by atoms with E-state index in [-0.39, 0.29) is 23.9 Å². The first-order valence-corrected chi connectivity index (χ1v) is 15.0. The highest BCUT2D eigenvalue weighted by atomic mass is 16.5. The highest BCUT2D eigenvalue weighted by molar-refractivity contribution is 5.97. The van der Waals surface area contributed by atoms with Crippen LogP contribution in [0.3, 0.4) is 0 Å². The van der Waals surface area contributed by atoms with E-state index in [0.29, 0.717) is 29.8 Å². The van der Waals surface area contributed by atoms with Gasteiger partial charge in [-0.1, -0.05) is 50.2 Å². The van der Waals surface area contributed by atoms with E-state index < -0.39 is 11.9 Å². The Morgan fingerprint density at radius 3 is 2.25 bits per heavy atom. The number of amides is 2. The fourth-order valence-electron chi connectivity index (χ4n) is 5.19. The second kappa shape index (κ2) is 15.7. The van der Waals surface area contributed by atoms with Gasteiger partial charge in [0.2, 0.25) is 11.8 Å². The Morgan fingerprint density at radius 2 is 1.66 bits per heavy atom. The van der Waals surface area contributed by atoms with Crippen molar-refractivity contribution in [3.05, 3.63) is 106 Å². The average Bonchev–Trinajstić information content (AvgIpc) is 3.52. The Morgan fingerprint density at radius 1 is 1.00 bits per heavy atom. The fraction of sp³-hybridized carbons (Fsp3) is 0.343. The summed E-state index contributed by atoms with van der Waals surface area (Å²) in [6, 6.07) is 18.1. The van der Waals surface area contributed by atoms with Crippen LogP contribution in [0.4, 0.5) is 0 Å². The number of hydrogen-bond donors (Lipinski definition) is 5. The van der Waals surface area contributed by atoms with Crippen molar-refractivity contribution in [2.24, 2.45) is 5.73 Å². The van der Waals surface area contributed by atoms with Crippen LogP contribution in [0.2, 0.25) is 0 Å². The summed E-state index contributed by atoms with van der Waals surface area (Å²) >= 11 is 0. The minimum atomic E-state index is -0.602. The molecule has 3 unspecified atom stereocenters. The molecule has 0 saturated heterocycles. The third kappa shape index (κ3) is 8.48. The Labute approximate surface area is 260 Å². The van der Waals surface area contributed by atoms with Crippen molar-refractivity contribution in [1.29, 1.82) is 0 Å². The molecule has 1 aliphatic rings. The minimum absolute atomic E-state index is 0.0994. The quantitative estimate of drug-likeness (QED) is 0.195. The third-order valence-electron chi connectivity index (χ3n) is 7.57. The highest BCUT2D eigenvalue weighted by Gasteiger charge is 2.27. The summed E-state index contributed by atoms with van der Waals surface area (Å²) < 4.78 is 5.33. The molecule has 4 rings (SSSR count). The lowest BCUT2D eigenvalue weighted by Gasteiger charge is -2.27. The first-order valence-electron chi connectivity index (χ1n) is 15.0. The van der Waals surface area contributed by atoms with E-state index >= 15 is 0 Å². The number of aryl methyl sites for hydroxylation is 2. The molecule has 0 radical (unpaired) electrons. The van der Waals surface area contributed by atoms with Gasteiger partial charge in [-0.3, -0.25) is 14.4 Å².